The predicted molar refractivity (Wildman–Crippen MR) is 37.5 cm³/mol. The molecule has 1 N–H and O–H groups in total. The van der Waals surface area contributed by atoms with Crippen LogP contribution < -0.4 is 0 Å². The summed E-state index contributed by atoms with van der Waals surface area (Å²) in [6.07, 6.45) is 8.16. The minimum Gasteiger partial charge on any atom is -0.516 e. The fourth-order valence-electron chi connectivity index (χ4n) is 0.609. The Morgan fingerprint density at radius 2 is 2.40 bits per heavy atom. The largest absolute Gasteiger partial charge is 0.516 e. The molecule has 0 aliphatic carbocycles. The van der Waals surface area contributed by atoms with E-state index in [4.69, 9.17) is 5.11 Å². The summed E-state index contributed by atoms with van der Waals surface area (Å²) in [6, 6.07) is 0. The summed E-state index contributed by atoms with van der Waals surface area (Å²) < 4.78 is 0. The Kier molecular flexibility index (Phi) is 2.43. The monoisotopic (exact) mass is 136 g/mol. The molecule has 1 aromatic rings. The van der Waals surface area contributed by atoms with Crippen molar-refractivity contribution in [2.24, 2.45) is 0 Å². The van der Waals surface area contributed by atoms with Crippen LogP contribution in [0.1, 0.15) is 5.69 Å². The summed E-state index contributed by atoms with van der Waals surface area (Å²) in [5.74, 6) is 0. The zero-order chi connectivity index (χ0) is 7.23. The Labute approximate surface area is 59.1 Å². The molecule has 3 nitrogen and oxygen atoms in total. The minimum absolute atomic E-state index is 0.629. The second-order valence-electron chi connectivity index (χ2n) is 1.79. The lowest BCUT2D eigenvalue weighted by molar-refractivity contribution is 0.471. The van der Waals surface area contributed by atoms with E-state index in [1.807, 2.05) is 0 Å². The maximum atomic E-state index is 8.30. The van der Waals surface area contributed by atoms with Gasteiger partial charge in [-0.3, -0.25) is 9.97 Å². The molecule has 0 aliphatic rings. The van der Waals surface area contributed by atoms with E-state index in [1.165, 1.54) is 0 Å². The molecule has 10 heavy (non-hydrogen) atoms. The van der Waals surface area contributed by atoms with Gasteiger partial charge in [0.1, 0.15) is 0 Å². The number of rotatable bonds is 2. The summed E-state index contributed by atoms with van der Waals surface area (Å²) in [6.45, 7) is 0. The molecule has 0 saturated carbocycles. The van der Waals surface area contributed by atoms with Gasteiger partial charge in [0.15, 0.2) is 0 Å². The summed E-state index contributed by atoms with van der Waals surface area (Å²) >= 11 is 0. The normalized spacial score (nSPS) is 10.4. The van der Waals surface area contributed by atoms with Crippen molar-refractivity contribution in [1.29, 1.82) is 0 Å². The number of hydrogen-bond acceptors (Lipinski definition) is 3. The molecule has 0 spiro atoms. The highest BCUT2D eigenvalue weighted by Crippen LogP contribution is 1.91. The topological polar surface area (TPSA) is 46.0 Å². The number of aliphatic hydroxyl groups excluding tert-OH is 1. The van der Waals surface area contributed by atoms with E-state index in [1.54, 1.807) is 24.7 Å². The predicted octanol–water partition coefficient (Wildman–Crippen LogP) is 1.09. The van der Waals surface area contributed by atoms with Crippen molar-refractivity contribution >= 4 is 0 Å². The Hall–Kier alpha value is -1.38. The van der Waals surface area contributed by atoms with Crippen LogP contribution in [-0.2, 0) is 6.42 Å². The van der Waals surface area contributed by atoms with Crippen molar-refractivity contribution in [2.45, 2.75) is 6.42 Å². The van der Waals surface area contributed by atoms with Gasteiger partial charge in [0.05, 0.1) is 12.0 Å². The number of nitrogens with zero attached hydrogens (tertiary/aromatic N) is 2. The lowest BCUT2D eigenvalue weighted by atomic mass is 10.3. The maximum Gasteiger partial charge on any atom is 0.0755 e. The van der Waals surface area contributed by atoms with Crippen molar-refractivity contribution < 1.29 is 5.11 Å². The third-order valence-corrected chi connectivity index (χ3v) is 1.05. The summed E-state index contributed by atoms with van der Waals surface area (Å²) in [4.78, 5) is 7.85. The molecule has 1 aromatic heterocycles. The van der Waals surface area contributed by atoms with Gasteiger partial charge in [-0.25, -0.2) is 0 Å². The van der Waals surface area contributed by atoms with Gasteiger partial charge in [-0.15, -0.1) is 0 Å². The summed E-state index contributed by atoms with van der Waals surface area (Å²) in [5.41, 5.74) is 0.854. The highest BCUT2D eigenvalue weighted by molar-refractivity contribution is 4.99. The van der Waals surface area contributed by atoms with Crippen LogP contribution in [0.3, 0.4) is 0 Å². The molecule has 3 heteroatoms. The maximum absolute atomic E-state index is 8.30. The SMILES string of the molecule is OC=CCc1cnccn1. The third kappa shape index (κ3) is 1.85. The van der Waals surface area contributed by atoms with Crippen LogP contribution in [0.2, 0.25) is 0 Å². The molecule has 52 valence electrons. The number of aliphatic hydroxyl groups is 1. The second kappa shape index (κ2) is 3.61. The average Bonchev–Trinajstić information content (AvgIpc) is 2.03. The zero-order valence-corrected chi connectivity index (χ0v) is 5.44. The van der Waals surface area contributed by atoms with E-state index >= 15 is 0 Å². The molecule has 0 aliphatic heterocycles. The van der Waals surface area contributed by atoms with E-state index in [0.717, 1.165) is 12.0 Å². The second-order valence-corrected chi connectivity index (χ2v) is 1.79. The Balaban J connectivity index is 2.59. The van der Waals surface area contributed by atoms with Crippen LogP contribution in [0.15, 0.2) is 30.9 Å². The summed E-state index contributed by atoms with van der Waals surface area (Å²) in [7, 11) is 0. The number of allylic oxidation sites excluding steroid dienone is 1. The van der Waals surface area contributed by atoms with Gasteiger partial charge in [-0.2, -0.15) is 0 Å². The fraction of sp³-hybridized carbons (Fsp3) is 0.143. The van der Waals surface area contributed by atoms with Gasteiger partial charge in [0.2, 0.25) is 0 Å². The van der Waals surface area contributed by atoms with E-state index in [0.29, 0.717) is 6.42 Å². The Morgan fingerprint density at radius 3 is 3.00 bits per heavy atom. The van der Waals surface area contributed by atoms with Crippen LogP contribution >= 0.6 is 0 Å². The molecule has 0 saturated heterocycles. The highest BCUT2D eigenvalue weighted by atomic mass is 16.2. The first-order chi connectivity index (χ1) is 4.93. The minimum atomic E-state index is 0.629. The standard InChI is InChI=1S/C7H8N2O/c10-5-1-2-7-6-8-3-4-9-7/h1,3-6,10H,2H2. The van der Waals surface area contributed by atoms with Crippen molar-refractivity contribution in [1.82, 2.24) is 9.97 Å². The molecule has 1 rings (SSSR count). The molecule has 0 unspecified atom stereocenters. The number of aromatic nitrogens is 2. The lowest BCUT2D eigenvalue weighted by Crippen LogP contribution is -1.86. The first-order valence-electron chi connectivity index (χ1n) is 2.97. The van der Waals surface area contributed by atoms with Crippen LogP contribution in [-0.4, -0.2) is 15.1 Å². The first kappa shape index (κ1) is 6.74. The van der Waals surface area contributed by atoms with Crippen molar-refractivity contribution in [3.63, 3.8) is 0 Å². The molecule has 1 heterocycles. The number of hydrogen-bond donors (Lipinski definition) is 1. The van der Waals surface area contributed by atoms with Crippen LogP contribution in [0.4, 0.5) is 0 Å². The molecular formula is C7H8N2O. The van der Waals surface area contributed by atoms with Crippen molar-refractivity contribution in [3.05, 3.63) is 36.6 Å². The van der Waals surface area contributed by atoms with Crippen molar-refractivity contribution in [3.8, 4) is 0 Å². The Bertz CT molecular complexity index is 208. The smallest absolute Gasteiger partial charge is 0.0755 e. The fourth-order valence-corrected chi connectivity index (χ4v) is 0.609. The van der Waals surface area contributed by atoms with Gasteiger partial charge >= 0.3 is 0 Å². The molecular weight excluding hydrogens is 128 g/mol. The molecule has 0 aromatic carbocycles. The summed E-state index contributed by atoms with van der Waals surface area (Å²) in [5, 5.41) is 8.30. The highest BCUT2D eigenvalue weighted by Gasteiger charge is 1.86. The first-order valence-corrected chi connectivity index (χ1v) is 2.97. The lowest BCUT2D eigenvalue weighted by Gasteiger charge is -1.89. The van der Waals surface area contributed by atoms with Gasteiger partial charge < -0.3 is 5.11 Å². The van der Waals surface area contributed by atoms with E-state index < -0.39 is 0 Å². The van der Waals surface area contributed by atoms with Gasteiger partial charge in [-0.1, -0.05) is 0 Å². The molecule has 0 radical (unpaired) electrons. The van der Waals surface area contributed by atoms with Gasteiger partial charge in [0, 0.05) is 25.0 Å². The van der Waals surface area contributed by atoms with Crippen LogP contribution in [0.5, 0.6) is 0 Å². The van der Waals surface area contributed by atoms with Gasteiger partial charge in [0.25, 0.3) is 0 Å². The Morgan fingerprint density at radius 1 is 1.50 bits per heavy atom. The van der Waals surface area contributed by atoms with E-state index in [-0.39, 0.29) is 0 Å². The van der Waals surface area contributed by atoms with Crippen molar-refractivity contribution in [2.75, 3.05) is 0 Å². The quantitative estimate of drug-likeness (QED) is 0.619. The van der Waals surface area contributed by atoms with E-state index in [2.05, 4.69) is 9.97 Å². The zero-order valence-electron chi connectivity index (χ0n) is 5.44. The average molecular weight is 136 g/mol. The van der Waals surface area contributed by atoms with Gasteiger partial charge in [-0.05, 0) is 6.08 Å². The molecule has 0 amide bonds. The van der Waals surface area contributed by atoms with Crippen LogP contribution in [0.25, 0.3) is 0 Å². The third-order valence-electron chi connectivity index (χ3n) is 1.05. The molecule has 0 atom stereocenters. The molecule has 0 bridgehead atoms. The molecule has 0 fully saturated rings. The van der Waals surface area contributed by atoms with Crippen LogP contribution in [0, 0.1) is 0 Å². The van der Waals surface area contributed by atoms with E-state index in [9.17, 15) is 0 Å².